The van der Waals surface area contributed by atoms with Crippen LogP contribution in [0.4, 0.5) is 0 Å². The van der Waals surface area contributed by atoms with Gasteiger partial charge in [-0.15, -0.1) is 0 Å². The molecule has 0 saturated heterocycles. The van der Waals surface area contributed by atoms with E-state index in [4.69, 9.17) is 10.7 Å². The summed E-state index contributed by atoms with van der Waals surface area (Å²) in [6.45, 7) is 0. The van der Waals surface area contributed by atoms with E-state index >= 15 is 0 Å². The summed E-state index contributed by atoms with van der Waals surface area (Å²) in [4.78, 5) is -0.120. The lowest BCUT2D eigenvalue weighted by Crippen LogP contribution is -2.05. The first-order valence-electron chi connectivity index (χ1n) is 3.63. The first-order valence-corrected chi connectivity index (χ1v) is 7.75. The van der Waals surface area contributed by atoms with E-state index in [1.807, 2.05) is 0 Å². The zero-order valence-corrected chi connectivity index (χ0v) is 9.93. The number of rotatable bonds is 3. The Morgan fingerprint density at radius 2 is 1.53 bits per heavy atom. The van der Waals surface area contributed by atoms with E-state index in [-0.39, 0.29) is 10.6 Å². The summed E-state index contributed by atoms with van der Waals surface area (Å²) in [5, 5.41) is 0. The molecule has 1 aromatic rings. The Morgan fingerprint density at radius 1 is 1.07 bits per heavy atom. The van der Waals surface area contributed by atoms with Crippen LogP contribution in [0.3, 0.4) is 0 Å². The van der Waals surface area contributed by atoms with Crippen LogP contribution in [0.2, 0.25) is 0 Å². The van der Waals surface area contributed by atoms with Crippen molar-refractivity contribution in [2.75, 3.05) is 6.26 Å². The van der Waals surface area contributed by atoms with E-state index in [9.17, 15) is 16.8 Å². The summed E-state index contributed by atoms with van der Waals surface area (Å²) in [5.41, 5.74) is 0. The molecule has 1 aromatic carbocycles. The van der Waals surface area contributed by atoms with E-state index in [0.717, 1.165) is 18.4 Å². The van der Waals surface area contributed by atoms with Gasteiger partial charge in [-0.25, -0.2) is 8.42 Å². The topological polar surface area (TPSA) is 77.5 Å². The van der Waals surface area contributed by atoms with E-state index in [0.29, 0.717) is 0 Å². The molecule has 0 aliphatic rings. The van der Waals surface area contributed by atoms with Crippen LogP contribution in [-0.2, 0) is 19.2 Å². The smallest absolute Gasteiger partial charge is 0.306 e. The maximum Gasteiger partial charge on any atom is 0.306 e. The molecule has 0 heterocycles. The van der Waals surface area contributed by atoms with Crippen molar-refractivity contribution >= 4 is 29.9 Å². The molecule has 0 fully saturated rings. The molecule has 0 amide bonds. The average molecular weight is 271 g/mol. The van der Waals surface area contributed by atoms with Gasteiger partial charge in [0.25, 0.3) is 9.05 Å². The molecule has 84 valence electrons. The van der Waals surface area contributed by atoms with Crippen LogP contribution in [0, 0.1) is 0 Å². The largest absolute Gasteiger partial charge is 0.383 e. The van der Waals surface area contributed by atoms with Crippen LogP contribution in [0.25, 0.3) is 0 Å². The molecule has 0 aromatic heterocycles. The average Bonchev–Trinajstić information content (AvgIpc) is 2.00. The van der Waals surface area contributed by atoms with Gasteiger partial charge in [-0.3, -0.25) is 0 Å². The van der Waals surface area contributed by atoms with Crippen LogP contribution < -0.4 is 4.18 Å². The molecule has 0 unspecified atom stereocenters. The third kappa shape index (κ3) is 4.06. The predicted octanol–water partition coefficient (Wildman–Crippen LogP) is 0.953. The van der Waals surface area contributed by atoms with Gasteiger partial charge in [-0.1, -0.05) is 0 Å². The fourth-order valence-corrected chi connectivity index (χ4v) is 2.06. The molecular weight excluding hydrogens is 264 g/mol. The van der Waals surface area contributed by atoms with E-state index < -0.39 is 19.2 Å². The third-order valence-electron chi connectivity index (χ3n) is 1.35. The van der Waals surface area contributed by atoms with Gasteiger partial charge in [0.15, 0.2) is 0 Å². The van der Waals surface area contributed by atoms with Crippen molar-refractivity contribution in [3.8, 4) is 5.75 Å². The normalized spacial score (nSPS) is 12.4. The minimum Gasteiger partial charge on any atom is -0.383 e. The molecule has 0 saturated carbocycles. The maximum atomic E-state index is 10.8. The molecular formula is C7H7ClO5S2. The Bertz CT molecular complexity index is 544. The van der Waals surface area contributed by atoms with E-state index in [1.165, 1.54) is 12.1 Å². The molecule has 15 heavy (non-hydrogen) atoms. The zero-order chi connectivity index (χ0) is 11.7. The maximum absolute atomic E-state index is 10.8. The highest BCUT2D eigenvalue weighted by Gasteiger charge is 2.10. The second-order valence-electron chi connectivity index (χ2n) is 2.70. The Labute approximate surface area is 92.2 Å². The van der Waals surface area contributed by atoms with Crippen LogP contribution in [0.15, 0.2) is 29.2 Å². The van der Waals surface area contributed by atoms with Crippen molar-refractivity contribution in [2.45, 2.75) is 4.90 Å². The second-order valence-corrected chi connectivity index (χ2v) is 6.84. The van der Waals surface area contributed by atoms with Gasteiger partial charge in [0.2, 0.25) is 0 Å². The number of halogens is 1. The first-order chi connectivity index (χ1) is 6.68. The summed E-state index contributed by atoms with van der Waals surface area (Å²) in [6, 6.07) is 4.72. The van der Waals surface area contributed by atoms with Gasteiger partial charge in [0, 0.05) is 10.7 Å². The molecule has 0 radical (unpaired) electrons. The van der Waals surface area contributed by atoms with Crippen LogP contribution in [0.1, 0.15) is 0 Å². The minimum atomic E-state index is -3.80. The van der Waals surface area contributed by atoms with Gasteiger partial charge in [-0.2, -0.15) is 8.42 Å². The van der Waals surface area contributed by atoms with Gasteiger partial charge in [0.1, 0.15) is 5.75 Å². The third-order valence-corrected chi connectivity index (χ3v) is 3.22. The predicted molar refractivity (Wildman–Crippen MR) is 55.0 cm³/mol. The molecule has 0 atom stereocenters. The molecule has 5 nitrogen and oxygen atoms in total. The van der Waals surface area contributed by atoms with Gasteiger partial charge >= 0.3 is 10.1 Å². The molecule has 0 aliphatic carbocycles. The number of hydrogen-bond acceptors (Lipinski definition) is 5. The van der Waals surface area contributed by atoms with E-state index in [2.05, 4.69) is 4.18 Å². The molecule has 1 rings (SSSR count). The lowest BCUT2D eigenvalue weighted by atomic mass is 10.3. The monoisotopic (exact) mass is 270 g/mol. The Balaban J connectivity index is 3.02. The summed E-state index contributed by atoms with van der Waals surface area (Å²) in [5.74, 6) is 0.0292. The number of hydrogen-bond donors (Lipinski definition) is 0. The Kier molecular flexibility index (Phi) is 3.27. The molecule has 0 spiro atoms. The van der Waals surface area contributed by atoms with E-state index in [1.54, 1.807) is 0 Å². The van der Waals surface area contributed by atoms with Crippen molar-refractivity contribution in [3.63, 3.8) is 0 Å². The van der Waals surface area contributed by atoms with Crippen LogP contribution in [-0.4, -0.2) is 23.1 Å². The lowest BCUT2D eigenvalue weighted by Gasteiger charge is -2.02. The summed E-state index contributed by atoms with van der Waals surface area (Å²) in [7, 11) is -2.35. The van der Waals surface area contributed by atoms with Crippen molar-refractivity contribution in [3.05, 3.63) is 24.3 Å². The standard InChI is InChI=1S/C7H7ClO5S2/c1-14(9,10)13-6-2-4-7(5-3-6)15(8,11)12/h2-5H,1H3. The van der Waals surface area contributed by atoms with Gasteiger partial charge < -0.3 is 4.18 Å². The van der Waals surface area contributed by atoms with Crippen LogP contribution >= 0.6 is 10.7 Å². The summed E-state index contributed by atoms with van der Waals surface area (Å²) < 4.78 is 47.6. The summed E-state index contributed by atoms with van der Waals surface area (Å²) >= 11 is 0. The molecule has 8 heteroatoms. The van der Waals surface area contributed by atoms with Crippen molar-refractivity contribution in [1.29, 1.82) is 0 Å². The molecule has 0 bridgehead atoms. The second kappa shape index (κ2) is 3.99. The van der Waals surface area contributed by atoms with Crippen molar-refractivity contribution in [2.24, 2.45) is 0 Å². The highest BCUT2D eigenvalue weighted by atomic mass is 35.7. The fourth-order valence-electron chi connectivity index (χ4n) is 0.833. The molecule has 0 N–H and O–H groups in total. The summed E-state index contributed by atoms with van der Waals surface area (Å²) in [6.07, 6.45) is 0.888. The van der Waals surface area contributed by atoms with Crippen LogP contribution in [0.5, 0.6) is 5.75 Å². The van der Waals surface area contributed by atoms with Gasteiger partial charge in [0.05, 0.1) is 11.2 Å². The van der Waals surface area contributed by atoms with Gasteiger partial charge in [-0.05, 0) is 24.3 Å². The van der Waals surface area contributed by atoms with Crippen molar-refractivity contribution in [1.82, 2.24) is 0 Å². The SMILES string of the molecule is CS(=O)(=O)Oc1ccc(S(=O)(=O)Cl)cc1. The highest BCUT2D eigenvalue weighted by Crippen LogP contribution is 2.19. The number of benzene rings is 1. The Morgan fingerprint density at radius 3 is 1.87 bits per heavy atom. The fraction of sp³-hybridized carbons (Fsp3) is 0.143. The van der Waals surface area contributed by atoms with Crippen molar-refractivity contribution < 1.29 is 21.0 Å². The quantitative estimate of drug-likeness (QED) is 0.604. The first kappa shape index (κ1) is 12.3. The Hall–Kier alpha value is -0.790. The zero-order valence-electron chi connectivity index (χ0n) is 7.55. The molecule has 0 aliphatic heterocycles. The lowest BCUT2D eigenvalue weighted by molar-refractivity contribution is 0.493. The minimum absolute atomic E-state index is 0.0292. The highest BCUT2D eigenvalue weighted by molar-refractivity contribution is 8.13.